The van der Waals surface area contributed by atoms with Gasteiger partial charge in [-0.15, -0.1) is 0 Å². The van der Waals surface area contributed by atoms with Crippen molar-refractivity contribution in [1.82, 2.24) is 20.0 Å². The molecule has 0 aromatic carbocycles. The minimum atomic E-state index is -4.67. The summed E-state index contributed by atoms with van der Waals surface area (Å²) in [5, 5.41) is 10.7. The van der Waals surface area contributed by atoms with Crippen LogP contribution in [-0.4, -0.2) is 38.7 Å². The number of nitrogens with one attached hydrogen (secondary N) is 2. The molecule has 132 valence electrons. The normalized spacial score (nSPS) is 12.4. The molecule has 13 heteroatoms. The lowest BCUT2D eigenvalue weighted by Crippen LogP contribution is -2.18. The molecule has 0 unspecified atom stereocenters. The van der Waals surface area contributed by atoms with Crippen molar-refractivity contribution in [2.45, 2.75) is 19.1 Å². The number of amides is 1. The van der Waals surface area contributed by atoms with E-state index in [1.54, 1.807) is 5.10 Å². The van der Waals surface area contributed by atoms with Crippen LogP contribution in [0.3, 0.4) is 0 Å². The third-order valence-corrected chi connectivity index (χ3v) is 2.50. The lowest BCUT2D eigenvalue weighted by atomic mass is 10.3. The number of hydrogen-bond donors (Lipinski definition) is 2. The molecule has 0 aliphatic heterocycles. The molecule has 1 amide bonds. The fourth-order valence-corrected chi connectivity index (χ4v) is 1.53. The summed E-state index contributed by atoms with van der Waals surface area (Å²) in [4.78, 5) is 11.7. The molecule has 0 radical (unpaired) electrons. The summed E-state index contributed by atoms with van der Waals surface area (Å²) in [5.74, 6) is -0.947. The lowest BCUT2D eigenvalue weighted by Gasteiger charge is -2.07. The lowest BCUT2D eigenvalue weighted by molar-refractivity contribution is -0.182. The Bertz CT molecular complexity index is 704. The van der Waals surface area contributed by atoms with Crippen molar-refractivity contribution < 1.29 is 35.9 Å². The Morgan fingerprint density at radius 2 is 2.00 bits per heavy atom. The number of alkyl halides is 6. The van der Waals surface area contributed by atoms with Crippen molar-refractivity contribution in [2.24, 2.45) is 0 Å². The highest BCUT2D eigenvalue weighted by Crippen LogP contribution is 2.27. The van der Waals surface area contributed by atoms with E-state index >= 15 is 0 Å². The maximum Gasteiger partial charge on any atom is 0.432 e. The van der Waals surface area contributed by atoms with E-state index in [1.807, 2.05) is 0 Å². The molecule has 0 aliphatic carbocycles. The first-order valence-electron chi connectivity index (χ1n) is 6.15. The maximum absolute atomic E-state index is 12.4. The summed E-state index contributed by atoms with van der Waals surface area (Å²) in [5.41, 5.74) is -1.65. The van der Waals surface area contributed by atoms with E-state index in [0.717, 1.165) is 17.1 Å². The second kappa shape index (κ2) is 6.51. The number of hydrogen-bond acceptors (Lipinski definition) is 4. The number of ether oxygens (including phenoxy) is 1. The summed E-state index contributed by atoms with van der Waals surface area (Å²) in [6.07, 6.45) is -6.93. The smallest absolute Gasteiger partial charge is 0.350 e. The SMILES string of the molecule is O=C(Nc1cnn(COCC(F)(F)F)c1)c1cc(C(F)(F)F)[nH]n1. The van der Waals surface area contributed by atoms with Gasteiger partial charge in [0, 0.05) is 6.07 Å². The molecule has 0 spiro atoms. The minimum absolute atomic E-state index is 0.0483. The van der Waals surface area contributed by atoms with Crippen LogP contribution in [0.5, 0.6) is 0 Å². The fourth-order valence-electron chi connectivity index (χ4n) is 1.53. The zero-order chi connectivity index (χ0) is 18.0. The van der Waals surface area contributed by atoms with E-state index in [2.05, 4.69) is 20.3 Å². The molecule has 0 fully saturated rings. The van der Waals surface area contributed by atoms with Gasteiger partial charge in [-0.05, 0) is 0 Å². The Kier molecular flexibility index (Phi) is 4.82. The van der Waals surface area contributed by atoms with E-state index in [9.17, 15) is 31.1 Å². The van der Waals surface area contributed by atoms with Gasteiger partial charge in [-0.2, -0.15) is 36.5 Å². The number of aromatic amines is 1. The van der Waals surface area contributed by atoms with Crippen LogP contribution in [0.1, 0.15) is 16.2 Å². The van der Waals surface area contributed by atoms with Gasteiger partial charge < -0.3 is 10.1 Å². The van der Waals surface area contributed by atoms with Crippen molar-refractivity contribution in [1.29, 1.82) is 0 Å². The predicted molar refractivity (Wildman–Crippen MR) is 65.8 cm³/mol. The van der Waals surface area contributed by atoms with Gasteiger partial charge in [0.05, 0.1) is 18.1 Å². The van der Waals surface area contributed by atoms with Gasteiger partial charge >= 0.3 is 12.4 Å². The van der Waals surface area contributed by atoms with Crippen LogP contribution in [0.2, 0.25) is 0 Å². The number of anilines is 1. The number of carbonyl (C=O) groups is 1. The van der Waals surface area contributed by atoms with Crippen LogP contribution in [0, 0.1) is 0 Å². The highest BCUT2D eigenvalue weighted by atomic mass is 19.4. The Morgan fingerprint density at radius 3 is 2.58 bits per heavy atom. The molecule has 0 aliphatic rings. The van der Waals surface area contributed by atoms with Gasteiger partial charge in [-0.25, -0.2) is 4.68 Å². The van der Waals surface area contributed by atoms with E-state index < -0.39 is 43.0 Å². The molecule has 0 saturated heterocycles. The molecule has 7 nitrogen and oxygen atoms in total. The summed E-state index contributed by atoms with van der Waals surface area (Å²) < 4.78 is 78.2. The van der Waals surface area contributed by atoms with Gasteiger partial charge in [0.25, 0.3) is 5.91 Å². The summed E-state index contributed by atoms with van der Waals surface area (Å²) in [7, 11) is 0. The quantitative estimate of drug-likeness (QED) is 0.805. The number of H-pyrrole nitrogens is 1. The Hall–Kier alpha value is -2.57. The van der Waals surface area contributed by atoms with Crippen LogP contribution < -0.4 is 5.32 Å². The first-order valence-corrected chi connectivity index (χ1v) is 6.15. The van der Waals surface area contributed by atoms with Crippen molar-refractivity contribution in [3.8, 4) is 0 Å². The monoisotopic (exact) mass is 357 g/mol. The molecule has 0 saturated carbocycles. The molecule has 2 N–H and O–H groups in total. The van der Waals surface area contributed by atoms with E-state index in [0.29, 0.717) is 6.07 Å². The zero-order valence-electron chi connectivity index (χ0n) is 11.6. The minimum Gasteiger partial charge on any atom is -0.350 e. The Balaban J connectivity index is 1.92. The van der Waals surface area contributed by atoms with E-state index in [4.69, 9.17) is 0 Å². The van der Waals surface area contributed by atoms with Gasteiger partial charge in [0.15, 0.2) is 5.69 Å². The van der Waals surface area contributed by atoms with Crippen molar-refractivity contribution in [3.63, 3.8) is 0 Å². The molecular weight excluding hydrogens is 348 g/mol. The topological polar surface area (TPSA) is 84.8 Å². The third-order valence-electron chi connectivity index (χ3n) is 2.50. The predicted octanol–water partition coefficient (Wildman–Crippen LogP) is 2.41. The number of rotatable bonds is 5. The van der Waals surface area contributed by atoms with Gasteiger partial charge in [-0.3, -0.25) is 9.89 Å². The second-order valence-corrected chi connectivity index (χ2v) is 4.48. The summed E-state index contributed by atoms with van der Waals surface area (Å²) in [6, 6.07) is 0.520. The van der Waals surface area contributed by atoms with Crippen LogP contribution >= 0.6 is 0 Å². The van der Waals surface area contributed by atoms with Gasteiger partial charge in [-0.1, -0.05) is 0 Å². The van der Waals surface area contributed by atoms with Gasteiger partial charge in [0.2, 0.25) is 0 Å². The van der Waals surface area contributed by atoms with Crippen molar-refractivity contribution >= 4 is 11.6 Å². The Labute approximate surface area is 129 Å². The van der Waals surface area contributed by atoms with Crippen LogP contribution in [0.25, 0.3) is 0 Å². The van der Waals surface area contributed by atoms with E-state index in [-0.39, 0.29) is 5.69 Å². The van der Waals surface area contributed by atoms with Crippen LogP contribution in [-0.2, 0) is 17.6 Å². The number of aromatic nitrogens is 4. The fraction of sp³-hybridized carbons (Fsp3) is 0.364. The molecular formula is C11H9F6N5O2. The molecule has 2 aromatic rings. The molecule has 2 aromatic heterocycles. The van der Waals surface area contributed by atoms with Crippen LogP contribution in [0.4, 0.5) is 32.0 Å². The first kappa shape index (κ1) is 17.8. The molecule has 0 atom stereocenters. The second-order valence-electron chi connectivity index (χ2n) is 4.48. The highest BCUT2D eigenvalue weighted by Gasteiger charge is 2.33. The first-order chi connectivity index (χ1) is 11.0. The Morgan fingerprint density at radius 1 is 1.29 bits per heavy atom. The van der Waals surface area contributed by atoms with Crippen molar-refractivity contribution in [3.05, 3.63) is 29.8 Å². The largest absolute Gasteiger partial charge is 0.432 e. The molecule has 24 heavy (non-hydrogen) atoms. The number of nitrogens with zero attached hydrogens (tertiary/aromatic N) is 3. The molecule has 0 bridgehead atoms. The summed E-state index contributed by atoms with van der Waals surface area (Å²) >= 11 is 0. The van der Waals surface area contributed by atoms with E-state index in [1.165, 1.54) is 0 Å². The average molecular weight is 357 g/mol. The average Bonchev–Trinajstić information content (AvgIpc) is 3.05. The standard InChI is InChI=1S/C11H9F6N5O2/c12-10(13,14)4-24-5-22-3-6(2-18-22)19-9(23)7-1-8(21-20-7)11(15,16)17/h1-3H,4-5H2,(H,19,23)(H,20,21). The highest BCUT2D eigenvalue weighted by molar-refractivity contribution is 6.02. The van der Waals surface area contributed by atoms with Gasteiger partial charge in [0.1, 0.15) is 19.0 Å². The zero-order valence-corrected chi connectivity index (χ0v) is 11.6. The molecule has 2 rings (SSSR count). The third kappa shape index (κ3) is 4.97. The van der Waals surface area contributed by atoms with Crippen LogP contribution in [0.15, 0.2) is 18.5 Å². The van der Waals surface area contributed by atoms with Crippen molar-refractivity contribution in [2.75, 3.05) is 11.9 Å². The number of halogens is 6. The molecule has 2 heterocycles. The maximum atomic E-state index is 12.4. The number of carbonyl (C=O) groups excluding carboxylic acids is 1. The summed E-state index contributed by atoms with van der Waals surface area (Å²) in [6.45, 7) is -1.99.